The first-order valence-electron chi connectivity index (χ1n) is 7.22. The van der Waals surface area contributed by atoms with Gasteiger partial charge in [-0.15, -0.1) is 11.3 Å². The predicted octanol–water partition coefficient (Wildman–Crippen LogP) is 3.64. The van der Waals surface area contributed by atoms with E-state index in [-0.39, 0.29) is 6.04 Å². The number of nitrogens with one attached hydrogen (secondary N) is 1. The Balaban J connectivity index is 2.22. The average Bonchev–Trinajstić information content (AvgIpc) is 2.99. The largest absolute Gasteiger partial charge is 0.496 e. The molecular weight excluding hydrogens is 282 g/mol. The fraction of sp³-hybridized carbons (Fsp3) is 0.412. The molecule has 2 aromatic rings. The standard InChI is InChI=1S/C17H23NO2S/c1-4-18-16(17-15(20-3)10-12-21-17)14-7-5-13(6-8-14)9-11-19-2/h5-8,10,12,16,18H,4,9,11H2,1-3H3. The van der Waals surface area contributed by atoms with Gasteiger partial charge in [-0.05, 0) is 35.5 Å². The van der Waals surface area contributed by atoms with Crippen molar-refractivity contribution in [2.75, 3.05) is 27.4 Å². The molecule has 0 saturated heterocycles. The van der Waals surface area contributed by atoms with Crippen LogP contribution in [0, 0.1) is 0 Å². The number of thiophene rings is 1. The zero-order valence-electron chi connectivity index (χ0n) is 12.9. The van der Waals surface area contributed by atoms with Crippen molar-refractivity contribution in [3.8, 4) is 5.75 Å². The van der Waals surface area contributed by atoms with Crippen LogP contribution in [0.5, 0.6) is 5.75 Å². The fourth-order valence-corrected chi connectivity index (χ4v) is 3.31. The van der Waals surface area contributed by atoms with Crippen LogP contribution in [-0.2, 0) is 11.2 Å². The maximum absolute atomic E-state index is 5.46. The first-order chi connectivity index (χ1) is 10.3. The van der Waals surface area contributed by atoms with Crippen LogP contribution in [0.3, 0.4) is 0 Å². The number of rotatable bonds is 8. The van der Waals surface area contributed by atoms with E-state index in [9.17, 15) is 0 Å². The number of benzene rings is 1. The van der Waals surface area contributed by atoms with E-state index >= 15 is 0 Å². The summed E-state index contributed by atoms with van der Waals surface area (Å²) >= 11 is 1.73. The average molecular weight is 305 g/mol. The Hall–Kier alpha value is -1.36. The van der Waals surface area contributed by atoms with Crippen molar-refractivity contribution in [1.29, 1.82) is 0 Å². The Morgan fingerprint density at radius 2 is 1.90 bits per heavy atom. The first kappa shape index (κ1) is 16.0. The summed E-state index contributed by atoms with van der Waals surface area (Å²) in [5.41, 5.74) is 2.56. The lowest BCUT2D eigenvalue weighted by Crippen LogP contribution is -2.21. The van der Waals surface area contributed by atoms with Crippen LogP contribution in [0.2, 0.25) is 0 Å². The molecule has 1 aromatic heterocycles. The third-order valence-corrected chi connectivity index (χ3v) is 4.42. The van der Waals surface area contributed by atoms with E-state index in [2.05, 4.69) is 41.9 Å². The highest BCUT2D eigenvalue weighted by molar-refractivity contribution is 7.10. The highest BCUT2D eigenvalue weighted by Crippen LogP contribution is 2.34. The van der Waals surface area contributed by atoms with Gasteiger partial charge in [0, 0.05) is 7.11 Å². The lowest BCUT2D eigenvalue weighted by molar-refractivity contribution is 0.202. The Morgan fingerprint density at radius 3 is 2.52 bits per heavy atom. The molecule has 1 heterocycles. The van der Waals surface area contributed by atoms with Gasteiger partial charge in [0.05, 0.1) is 24.6 Å². The molecule has 21 heavy (non-hydrogen) atoms. The molecule has 114 valence electrons. The van der Waals surface area contributed by atoms with Crippen LogP contribution >= 0.6 is 11.3 Å². The third-order valence-electron chi connectivity index (χ3n) is 3.46. The summed E-state index contributed by atoms with van der Waals surface area (Å²) < 4.78 is 10.6. The molecule has 2 rings (SSSR count). The maximum Gasteiger partial charge on any atom is 0.134 e. The fourth-order valence-electron chi connectivity index (χ4n) is 2.35. The topological polar surface area (TPSA) is 30.5 Å². The molecule has 0 radical (unpaired) electrons. The molecule has 4 heteroatoms. The molecule has 1 aromatic carbocycles. The van der Waals surface area contributed by atoms with E-state index in [0.717, 1.165) is 25.3 Å². The molecule has 0 aliphatic heterocycles. The summed E-state index contributed by atoms with van der Waals surface area (Å²) in [6.45, 7) is 3.80. The summed E-state index contributed by atoms with van der Waals surface area (Å²) in [7, 11) is 3.46. The Morgan fingerprint density at radius 1 is 1.14 bits per heavy atom. The summed E-state index contributed by atoms with van der Waals surface area (Å²) in [5, 5.41) is 5.62. The van der Waals surface area contributed by atoms with E-state index in [1.807, 2.05) is 6.07 Å². The smallest absolute Gasteiger partial charge is 0.134 e. The quantitative estimate of drug-likeness (QED) is 0.807. The summed E-state index contributed by atoms with van der Waals surface area (Å²) in [5.74, 6) is 0.953. The van der Waals surface area contributed by atoms with Gasteiger partial charge in [-0.2, -0.15) is 0 Å². The van der Waals surface area contributed by atoms with Gasteiger partial charge in [0.2, 0.25) is 0 Å². The Bertz CT molecular complexity index is 536. The summed E-state index contributed by atoms with van der Waals surface area (Å²) in [4.78, 5) is 1.23. The maximum atomic E-state index is 5.46. The van der Waals surface area contributed by atoms with Crippen LogP contribution in [0.1, 0.15) is 29.0 Å². The van der Waals surface area contributed by atoms with Crippen molar-refractivity contribution in [2.24, 2.45) is 0 Å². The second-order valence-corrected chi connectivity index (χ2v) is 5.78. The first-order valence-corrected chi connectivity index (χ1v) is 8.10. The van der Waals surface area contributed by atoms with Gasteiger partial charge < -0.3 is 14.8 Å². The van der Waals surface area contributed by atoms with E-state index in [0.29, 0.717) is 0 Å². The van der Waals surface area contributed by atoms with Crippen molar-refractivity contribution in [3.05, 3.63) is 51.7 Å². The Kier molecular flexibility index (Phi) is 6.23. The molecule has 0 bridgehead atoms. The molecule has 0 fully saturated rings. The van der Waals surface area contributed by atoms with Crippen molar-refractivity contribution in [2.45, 2.75) is 19.4 Å². The normalized spacial score (nSPS) is 12.3. The van der Waals surface area contributed by atoms with Crippen LogP contribution in [0.25, 0.3) is 0 Å². The van der Waals surface area contributed by atoms with Gasteiger partial charge in [0.1, 0.15) is 5.75 Å². The minimum absolute atomic E-state index is 0.182. The van der Waals surface area contributed by atoms with Crippen LogP contribution in [0.15, 0.2) is 35.7 Å². The van der Waals surface area contributed by atoms with E-state index in [1.165, 1.54) is 16.0 Å². The van der Waals surface area contributed by atoms with Gasteiger partial charge in [-0.1, -0.05) is 31.2 Å². The molecule has 1 N–H and O–H groups in total. The van der Waals surface area contributed by atoms with E-state index in [4.69, 9.17) is 9.47 Å². The van der Waals surface area contributed by atoms with Gasteiger partial charge in [0.25, 0.3) is 0 Å². The highest BCUT2D eigenvalue weighted by Gasteiger charge is 2.18. The summed E-state index contributed by atoms with van der Waals surface area (Å²) in [6, 6.07) is 10.9. The van der Waals surface area contributed by atoms with Crippen LogP contribution in [0.4, 0.5) is 0 Å². The van der Waals surface area contributed by atoms with E-state index < -0.39 is 0 Å². The second-order valence-electron chi connectivity index (χ2n) is 4.83. The molecule has 3 nitrogen and oxygen atoms in total. The third kappa shape index (κ3) is 4.06. The lowest BCUT2D eigenvalue weighted by Gasteiger charge is -2.19. The number of methoxy groups -OCH3 is 2. The minimum Gasteiger partial charge on any atom is -0.496 e. The molecule has 1 atom stereocenters. The number of hydrogen-bond donors (Lipinski definition) is 1. The number of ether oxygens (including phenoxy) is 2. The van der Waals surface area contributed by atoms with E-state index in [1.54, 1.807) is 25.6 Å². The molecule has 0 spiro atoms. The van der Waals surface area contributed by atoms with Gasteiger partial charge in [0.15, 0.2) is 0 Å². The number of hydrogen-bond acceptors (Lipinski definition) is 4. The second kappa shape index (κ2) is 8.17. The molecule has 0 saturated carbocycles. The van der Waals surface area contributed by atoms with Gasteiger partial charge in [-0.3, -0.25) is 0 Å². The van der Waals surface area contributed by atoms with Crippen molar-refractivity contribution >= 4 is 11.3 Å². The Labute approximate surface area is 130 Å². The SMILES string of the molecule is CCNC(c1ccc(CCOC)cc1)c1sccc1OC. The van der Waals surface area contributed by atoms with Crippen molar-refractivity contribution in [1.82, 2.24) is 5.32 Å². The highest BCUT2D eigenvalue weighted by atomic mass is 32.1. The molecule has 0 aliphatic carbocycles. The zero-order chi connectivity index (χ0) is 15.1. The molecule has 0 amide bonds. The lowest BCUT2D eigenvalue weighted by atomic mass is 10.0. The van der Waals surface area contributed by atoms with Crippen LogP contribution < -0.4 is 10.1 Å². The van der Waals surface area contributed by atoms with Gasteiger partial charge >= 0.3 is 0 Å². The molecule has 0 aliphatic rings. The summed E-state index contributed by atoms with van der Waals surface area (Å²) in [6.07, 6.45) is 0.949. The predicted molar refractivity (Wildman–Crippen MR) is 88.4 cm³/mol. The van der Waals surface area contributed by atoms with Crippen molar-refractivity contribution in [3.63, 3.8) is 0 Å². The monoisotopic (exact) mass is 305 g/mol. The molecule has 1 unspecified atom stereocenters. The van der Waals surface area contributed by atoms with Gasteiger partial charge in [-0.25, -0.2) is 0 Å². The zero-order valence-corrected chi connectivity index (χ0v) is 13.7. The van der Waals surface area contributed by atoms with Crippen LogP contribution in [-0.4, -0.2) is 27.4 Å². The minimum atomic E-state index is 0.182. The van der Waals surface area contributed by atoms with Crippen molar-refractivity contribution < 1.29 is 9.47 Å². The molecular formula is C17H23NO2S.